The van der Waals surface area contributed by atoms with Gasteiger partial charge in [-0.15, -0.1) is 0 Å². The van der Waals surface area contributed by atoms with Crippen molar-refractivity contribution in [2.24, 2.45) is 5.92 Å². The summed E-state index contributed by atoms with van der Waals surface area (Å²) < 4.78 is 18.8. The van der Waals surface area contributed by atoms with Gasteiger partial charge in [0, 0.05) is 38.4 Å². The maximum atomic E-state index is 13.0. The Hall–Kier alpha value is -1.42. The maximum absolute atomic E-state index is 13.0. The van der Waals surface area contributed by atoms with Crippen LogP contribution in [0.25, 0.3) is 0 Å². The third kappa shape index (κ3) is 3.17. The Morgan fingerprint density at radius 2 is 1.91 bits per heavy atom. The van der Waals surface area contributed by atoms with Crippen molar-refractivity contribution in [1.82, 2.24) is 4.90 Å². The second kappa shape index (κ2) is 5.99. The van der Waals surface area contributed by atoms with E-state index in [0.29, 0.717) is 12.5 Å². The SMILES string of the molecule is CC(C)N1CCC2(CC1)CC(Cc1ccc(F)cc1)C(=O)O2. The molecule has 2 heterocycles. The smallest absolute Gasteiger partial charge is 0.309 e. The van der Waals surface area contributed by atoms with Crippen LogP contribution in [0.2, 0.25) is 0 Å². The molecule has 0 saturated carbocycles. The molecule has 3 rings (SSSR count). The monoisotopic (exact) mass is 305 g/mol. The number of hydrogen-bond donors (Lipinski definition) is 0. The van der Waals surface area contributed by atoms with Crippen LogP contribution >= 0.6 is 0 Å². The zero-order valence-corrected chi connectivity index (χ0v) is 13.3. The van der Waals surface area contributed by atoms with E-state index in [2.05, 4.69) is 18.7 Å². The number of likely N-dealkylation sites (tertiary alicyclic amines) is 1. The Kier molecular flexibility index (Phi) is 4.22. The van der Waals surface area contributed by atoms with Gasteiger partial charge in [-0.1, -0.05) is 12.1 Å². The number of rotatable bonds is 3. The van der Waals surface area contributed by atoms with Gasteiger partial charge >= 0.3 is 5.97 Å². The molecule has 0 radical (unpaired) electrons. The fraction of sp³-hybridized carbons (Fsp3) is 0.611. The number of hydrogen-bond acceptors (Lipinski definition) is 3. The number of carbonyl (C=O) groups is 1. The number of halogens is 1. The van der Waals surface area contributed by atoms with Crippen LogP contribution in [-0.4, -0.2) is 35.6 Å². The van der Waals surface area contributed by atoms with Gasteiger partial charge in [-0.2, -0.15) is 0 Å². The van der Waals surface area contributed by atoms with Gasteiger partial charge in [0.15, 0.2) is 0 Å². The fourth-order valence-electron chi connectivity index (χ4n) is 3.69. The van der Waals surface area contributed by atoms with Gasteiger partial charge in [-0.05, 0) is 38.0 Å². The van der Waals surface area contributed by atoms with Gasteiger partial charge in [0.1, 0.15) is 11.4 Å². The summed E-state index contributed by atoms with van der Waals surface area (Å²) in [5.74, 6) is -0.409. The topological polar surface area (TPSA) is 29.5 Å². The number of ether oxygens (including phenoxy) is 1. The molecule has 0 aromatic heterocycles. The van der Waals surface area contributed by atoms with E-state index in [-0.39, 0.29) is 23.3 Å². The highest BCUT2D eigenvalue weighted by Gasteiger charge is 2.48. The molecule has 0 bridgehead atoms. The largest absolute Gasteiger partial charge is 0.459 e. The zero-order valence-electron chi connectivity index (χ0n) is 13.3. The number of esters is 1. The molecule has 2 saturated heterocycles. The minimum atomic E-state index is -0.257. The highest BCUT2D eigenvalue weighted by molar-refractivity contribution is 5.75. The van der Waals surface area contributed by atoms with Crippen LogP contribution < -0.4 is 0 Å². The molecule has 4 heteroatoms. The summed E-state index contributed by atoms with van der Waals surface area (Å²) in [5, 5.41) is 0. The van der Waals surface area contributed by atoms with Crippen LogP contribution in [0.5, 0.6) is 0 Å². The van der Waals surface area contributed by atoms with Gasteiger partial charge in [0.05, 0.1) is 5.92 Å². The summed E-state index contributed by atoms with van der Waals surface area (Å²) in [6.45, 7) is 6.40. The Morgan fingerprint density at radius 1 is 1.27 bits per heavy atom. The van der Waals surface area contributed by atoms with Crippen LogP contribution in [-0.2, 0) is 16.0 Å². The maximum Gasteiger partial charge on any atom is 0.309 e. The first-order valence-electron chi connectivity index (χ1n) is 8.19. The molecule has 1 aromatic rings. The number of piperidine rings is 1. The van der Waals surface area contributed by atoms with Gasteiger partial charge in [0.2, 0.25) is 0 Å². The molecule has 0 amide bonds. The summed E-state index contributed by atoms with van der Waals surface area (Å²) in [5.41, 5.74) is 0.743. The van der Waals surface area contributed by atoms with E-state index in [9.17, 15) is 9.18 Å². The van der Waals surface area contributed by atoms with E-state index in [1.165, 1.54) is 12.1 Å². The number of nitrogens with zero attached hydrogens (tertiary/aromatic N) is 1. The zero-order chi connectivity index (χ0) is 15.7. The van der Waals surface area contributed by atoms with Gasteiger partial charge in [0.25, 0.3) is 0 Å². The normalized spacial score (nSPS) is 24.9. The van der Waals surface area contributed by atoms with E-state index >= 15 is 0 Å². The standard InChI is InChI=1S/C18H24FNO2/c1-13(2)20-9-7-18(8-10-20)12-15(17(21)22-18)11-14-3-5-16(19)6-4-14/h3-6,13,15H,7-12H2,1-2H3. The number of carbonyl (C=O) groups excluding carboxylic acids is 1. The van der Waals surface area contributed by atoms with Crippen molar-refractivity contribution in [3.05, 3.63) is 35.6 Å². The van der Waals surface area contributed by atoms with Crippen LogP contribution in [0.15, 0.2) is 24.3 Å². The Labute approximate surface area is 131 Å². The highest BCUT2D eigenvalue weighted by Crippen LogP contribution is 2.40. The predicted molar refractivity (Wildman–Crippen MR) is 83.0 cm³/mol. The van der Waals surface area contributed by atoms with Crippen LogP contribution in [0.4, 0.5) is 4.39 Å². The Bertz CT molecular complexity index is 533. The summed E-state index contributed by atoms with van der Waals surface area (Å²) in [6, 6.07) is 6.97. The molecule has 1 atom stereocenters. The molecule has 1 unspecified atom stereocenters. The second-order valence-electron chi connectivity index (χ2n) is 6.97. The molecule has 0 N–H and O–H groups in total. The summed E-state index contributed by atoms with van der Waals surface area (Å²) in [7, 11) is 0. The molecule has 22 heavy (non-hydrogen) atoms. The summed E-state index contributed by atoms with van der Waals surface area (Å²) in [6.07, 6.45) is 3.30. The van der Waals surface area contributed by atoms with Gasteiger partial charge in [-0.25, -0.2) is 4.39 Å². The van der Waals surface area contributed by atoms with Crippen LogP contribution in [0.3, 0.4) is 0 Å². The summed E-state index contributed by atoms with van der Waals surface area (Å²) in [4.78, 5) is 14.7. The molecule has 120 valence electrons. The lowest BCUT2D eigenvalue weighted by Gasteiger charge is -2.39. The third-order valence-corrected chi connectivity index (χ3v) is 5.10. The average Bonchev–Trinajstić information content (AvgIpc) is 2.77. The minimum Gasteiger partial charge on any atom is -0.459 e. The first kappa shape index (κ1) is 15.5. The molecule has 1 aromatic carbocycles. The van der Waals surface area contributed by atoms with Crippen molar-refractivity contribution >= 4 is 5.97 Å². The van der Waals surface area contributed by atoms with E-state index in [0.717, 1.165) is 37.9 Å². The lowest BCUT2D eigenvalue weighted by molar-refractivity contribution is -0.154. The van der Waals surface area contributed by atoms with Crippen molar-refractivity contribution in [3.8, 4) is 0 Å². The molecule has 2 aliphatic rings. The van der Waals surface area contributed by atoms with Crippen molar-refractivity contribution in [2.75, 3.05) is 13.1 Å². The Balaban J connectivity index is 1.62. The lowest BCUT2D eigenvalue weighted by Crippen LogP contribution is -2.46. The minimum absolute atomic E-state index is 0.0812. The molecule has 1 spiro atoms. The number of benzene rings is 1. The summed E-state index contributed by atoms with van der Waals surface area (Å²) >= 11 is 0. The molecule has 3 nitrogen and oxygen atoms in total. The predicted octanol–water partition coefficient (Wildman–Crippen LogP) is 3.17. The third-order valence-electron chi connectivity index (χ3n) is 5.10. The molecule has 2 aliphatic heterocycles. The van der Waals surface area contributed by atoms with Gasteiger partial charge in [-0.3, -0.25) is 4.79 Å². The Morgan fingerprint density at radius 3 is 2.50 bits per heavy atom. The van der Waals surface area contributed by atoms with E-state index in [1.54, 1.807) is 12.1 Å². The lowest BCUT2D eigenvalue weighted by atomic mass is 9.83. The first-order chi connectivity index (χ1) is 10.5. The molecule has 0 aliphatic carbocycles. The molecule has 2 fully saturated rings. The second-order valence-corrected chi connectivity index (χ2v) is 6.97. The fourth-order valence-corrected chi connectivity index (χ4v) is 3.69. The highest BCUT2D eigenvalue weighted by atomic mass is 19.1. The quantitative estimate of drug-likeness (QED) is 0.803. The average molecular weight is 305 g/mol. The van der Waals surface area contributed by atoms with Gasteiger partial charge < -0.3 is 9.64 Å². The van der Waals surface area contributed by atoms with Crippen molar-refractivity contribution in [1.29, 1.82) is 0 Å². The van der Waals surface area contributed by atoms with Crippen molar-refractivity contribution < 1.29 is 13.9 Å². The first-order valence-corrected chi connectivity index (χ1v) is 8.19. The molecular formula is C18H24FNO2. The van der Waals surface area contributed by atoms with Crippen molar-refractivity contribution in [3.63, 3.8) is 0 Å². The van der Waals surface area contributed by atoms with E-state index in [4.69, 9.17) is 4.74 Å². The van der Waals surface area contributed by atoms with Crippen LogP contribution in [0.1, 0.15) is 38.7 Å². The van der Waals surface area contributed by atoms with E-state index in [1.807, 2.05) is 0 Å². The molecular weight excluding hydrogens is 281 g/mol. The van der Waals surface area contributed by atoms with E-state index < -0.39 is 0 Å². The van der Waals surface area contributed by atoms with Crippen molar-refractivity contribution in [2.45, 2.75) is 51.2 Å². The van der Waals surface area contributed by atoms with Crippen LogP contribution in [0, 0.1) is 11.7 Å².